The van der Waals surface area contributed by atoms with Gasteiger partial charge in [0, 0.05) is 0 Å². The molecule has 0 amide bonds. The Balaban J connectivity index is 2.37. The van der Waals surface area contributed by atoms with Crippen LogP contribution in [0, 0.1) is 11.3 Å². The van der Waals surface area contributed by atoms with E-state index in [0.29, 0.717) is 6.54 Å². The first-order valence-electron chi connectivity index (χ1n) is 5.29. The van der Waals surface area contributed by atoms with Crippen LogP contribution < -0.4 is 5.32 Å². The highest BCUT2D eigenvalue weighted by Gasteiger charge is 2.31. The highest BCUT2D eigenvalue weighted by molar-refractivity contribution is 5.30. The van der Waals surface area contributed by atoms with Crippen molar-refractivity contribution in [2.45, 2.75) is 12.1 Å². The topological polar surface area (TPSA) is 66.5 Å². The van der Waals surface area contributed by atoms with Crippen molar-refractivity contribution in [2.75, 3.05) is 7.05 Å². The molecule has 2 rings (SSSR count). The van der Waals surface area contributed by atoms with Crippen molar-refractivity contribution < 1.29 is 0 Å². The summed E-state index contributed by atoms with van der Waals surface area (Å²) in [5.41, 5.74) is 0.134. The molecule has 5 nitrogen and oxygen atoms in total. The van der Waals surface area contributed by atoms with Crippen LogP contribution in [0.3, 0.4) is 0 Å². The standard InChI is InChI=1S/C12H13N5/c1-14-12(7-13,8-17-10-15-9-16-17)11-5-3-2-4-6-11/h2-6,9-10,14H,8H2,1H3. The average molecular weight is 227 g/mol. The van der Waals surface area contributed by atoms with Gasteiger partial charge >= 0.3 is 0 Å². The lowest BCUT2D eigenvalue weighted by Crippen LogP contribution is -2.42. The number of rotatable bonds is 4. The lowest BCUT2D eigenvalue weighted by atomic mass is 9.91. The summed E-state index contributed by atoms with van der Waals surface area (Å²) in [5.74, 6) is 0. The minimum atomic E-state index is -0.783. The molecule has 1 N–H and O–H groups in total. The Labute approximate surface area is 99.7 Å². The van der Waals surface area contributed by atoms with Crippen LogP contribution in [-0.4, -0.2) is 21.8 Å². The van der Waals surface area contributed by atoms with Crippen molar-refractivity contribution in [3.63, 3.8) is 0 Å². The number of benzene rings is 1. The minimum absolute atomic E-state index is 0.421. The van der Waals surface area contributed by atoms with Crippen LogP contribution in [0.5, 0.6) is 0 Å². The largest absolute Gasteiger partial charge is 0.297 e. The molecule has 1 unspecified atom stereocenters. The second-order valence-corrected chi connectivity index (χ2v) is 3.73. The van der Waals surface area contributed by atoms with Gasteiger partial charge in [-0.05, 0) is 12.6 Å². The molecule has 0 aliphatic heterocycles. The fraction of sp³-hybridized carbons (Fsp3) is 0.250. The molecule has 1 atom stereocenters. The van der Waals surface area contributed by atoms with Crippen LogP contribution in [0.15, 0.2) is 43.0 Å². The van der Waals surface area contributed by atoms with Gasteiger partial charge in [-0.3, -0.25) is 5.32 Å². The summed E-state index contributed by atoms with van der Waals surface area (Å²) in [6.45, 7) is 0.421. The average Bonchev–Trinajstić information content (AvgIpc) is 2.90. The fourth-order valence-electron chi connectivity index (χ4n) is 1.75. The number of aromatic nitrogens is 3. The number of nitrogens with one attached hydrogen (secondary N) is 1. The molecule has 86 valence electrons. The first-order chi connectivity index (χ1) is 8.30. The third-order valence-electron chi connectivity index (χ3n) is 2.75. The molecule has 0 aliphatic carbocycles. The van der Waals surface area contributed by atoms with Gasteiger partial charge < -0.3 is 0 Å². The molecular weight excluding hydrogens is 214 g/mol. The third kappa shape index (κ3) is 2.17. The Hall–Kier alpha value is -2.19. The van der Waals surface area contributed by atoms with E-state index in [4.69, 9.17) is 0 Å². The van der Waals surface area contributed by atoms with Gasteiger partial charge in [0.05, 0.1) is 12.6 Å². The van der Waals surface area contributed by atoms with Crippen LogP contribution in [0.1, 0.15) is 5.56 Å². The zero-order valence-corrected chi connectivity index (χ0v) is 9.54. The van der Waals surface area contributed by atoms with Gasteiger partial charge in [0.15, 0.2) is 5.54 Å². The molecule has 1 aromatic heterocycles. The maximum Gasteiger partial charge on any atom is 0.151 e. The van der Waals surface area contributed by atoms with Crippen LogP contribution in [-0.2, 0) is 12.1 Å². The molecule has 0 saturated heterocycles. The summed E-state index contributed by atoms with van der Waals surface area (Å²) >= 11 is 0. The van der Waals surface area contributed by atoms with Gasteiger partial charge in [-0.1, -0.05) is 30.3 Å². The maximum atomic E-state index is 9.45. The number of hydrogen-bond acceptors (Lipinski definition) is 4. The van der Waals surface area contributed by atoms with Crippen molar-refractivity contribution in [1.29, 1.82) is 5.26 Å². The van der Waals surface area contributed by atoms with E-state index in [1.54, 1.807) is 18.1 Å². The zero-order valence-electron chi connectivity index (χ0n) is 9.54. The van der Waals surface area contributed by atoms with Crippen LogP contribution >= 0.6 is 0 Å². The van der Waals surface area contributed by atoms with Gasteiger partial charge in [-0.15, -0.1) is 0 Å². The molecule has 0 aliphatic rings. The van der Waals surface area contributed by atoms with Crippen molar-refractivity contribution in [3.05, 3.63) is 48.5 Å². The molecule has 0 radical (unpaired) electrons. The summed E-state index contributed by atoms with van der Waals surface area (Å²) in [6, 6.07) is 11.9. The molecule has 0 saturated carbocycles. The van der Waals surface area contributed by atoms with E-state index in [1.807, 2.05) is 30.3 Å². The Bertz CT molecular complexity index is 499. The first kappa shape index (κ1) is 11.3. The van der Waals surface area contributed by atoms with Crippen LogP contribution in [0.2, 0.25) is 0 Å². The predicted octanol–water partition coefficient (Wildman–Crippen LogP) is 0.917. The van der Waals surface area contributed by atoms with Crippen molar-refractivity contribution in [3.8, 4) is 6.07 Å². The van der Waals surface area contributed by atoms with E-state index in [1.165, 1.54) is 6.33 Å². The molecule has 0 bridgehead atoms. The number of nitrogens with zero attached hydrogens (tertiary/aromatic N) is 4. The first-order valence-corrected chi connectivity index (χ1v) is 5.29. The lowest BCUT2D eigenvalue weighted by molar-refractivity contribution is 0.376. The Morgan fingerprint density at radius 2 is 2.18 bits per heavy atom. The quantitative estimate of drug-likeness (QED) is 0.843. The van der Waals surface area contributed by atoms with E-state index < -0.39 is 5.54 Å². The van der Waals surface area contributed by atoms with Crippen molar-refractivity contribution in [2.24, 2.45) is 0 Å². The zero-order chi connectivity index (χ0) is 12.1. The molecule has 1 heterocycles. The lowest BCUT2D eigenvalue weighted by Gasteiger charge is -2.26. The van der Waals surface area contributed by atoms with E-state index >= 15 is 0 Å². The Kier molecular flexibility index (Phi) is 3.17. The van der Waals surface area contributed by atoms with Crippen molar-refractivity contribution >= 4 is 0 Å². The second-order valence-electron chi connectivity index (χ2n) is 3.73. The van der Waals surface area contributed by atoms with E-state index in [2.05, 4.69) is 21.5 Å². The summed E-state index contributed by atoms with van der Waals surface area (Å²) < 4.78 is 1.65. The minimum Gasteiger partial charge on any atom is -0.297 e. The van der Waals surface area contributed by atoms with Crippen LogP contribution in [0.4, 0.5) is 0 Å². The molecule has 5 heteroatoms. The van der Waals surface area contributed by atoms with Gasteiger partial charge in [0.1, 0.15) is 12.7 Å². The molecule has 0 fully saturated rings. The van der Waals surface area contributed by atoms with Gasteiger partial charge in [-0.2, -0.15) is 10.4 Å². The second kappa shape index (κ2) is 4.76. The van der Waals surface area contributed by atoms with Gasteiger partial charge in [0.2, 0.25) is 0 Å². The van der Waals surface area contributed by atoms with Gasteiger partial charge in [-0.25, -0.2) is 9.67 Å². The fourth-order valence-corrected chi connectivity index (χ4v) is 1.75. The SMILES string of the molecule is CNC(C#N)(Cn1cncn1)c1ccccc1. The maximum absolute atomic E-state index is 9.45. The molecule has 0 spiro atoms. The monoisotopic (exact) mass is 227 g/mol. The molecular formula is C12H13N5. The Morgan fingerprint density at radius 1 is 1.41 bits per heavy atom. The van der Waals surface area contributed by atoms with E-state index in [9.17, 15) is 5.26 Å². The van der Waals surface area contributed by atoms with Crippen molar-refractivity contribution in [1.82, 2.24) is 20.1 Å². The van der Waals surface area contributed by atoms with E-state index in [-0.39, 0.29) is 0 Å². The third-order valence-corrected chi connectivity index (χ3v) is 2.75. The van der Waals surface area contributed by atoms with Gasteiger partial charge in [0.25, 0.3) is 0 Å². The summed E-state index contributed by atoms with van der Waals surface area (Å²) in [5, 5.41) is 16.6. The number of nitriles is 1. The Morgan fingerprint density at radius 3 is 2.71 bits per heavy atom. The summed E-state index contributed by atoms with van der Waals surface area (Å²) in [6.07, 6.45) is 3.06. The molecule has 1 aromatic carbocycles. The summed E-state index contributed by atoms with van der Waals surface area (Å²) in [4.78, 5) is 3.88. The molecule has 2 aromatic rings. The number of likely N-dealkylation sites (N-methyl/N-ethyl adjacent to an activating group) is 1. The predicted molar refractivity (Wildman–Crippen MR) is 62.8 cm³/mol. The summed E-state index contributed by atoms with van der Waals surface area (Å²) in [7, 11) is 1.77. The van der Waals surface area contributed by atoms with E-state index in [0.717, 1.165) is 5.56 Å². The highest BCUT2D eigenvalue weighted by Crippen LogP contribution is 2.21. The highest BCUT2D eigenvalue weighted by atomic mass is 15.3. The molecule has 17 heavy (non-hydrogen) atoms. The number of hydrogen-bond donors (Lipinski definition) is 1. The smallest absolute Gasteiger partial charge is 0.151 e. The normalized spacial score (nSPS) is 13.9. The van der Waals surface area contributed by atoms with Crippen LogP contribution in [0.25, 0.3) is 0 Å².